The minimum atomic E-state index is -0.526. The quantitative estimate of drug-likeness (QED) is 0.842. The smallest absolute Gasteiger partial charge is 0.498 e. The van der Waals surface area contributed by atoms with E-state index < -0.39 is 18.3 Å². The Balaban J connectivity index is 1.90. The Morgan fingerprint density at radius 1 is 1.20 bits per heavy atom. The molecule has 1 aromatic rings. The molecule has 1 aromatic heterocycles. The van der Waals surface area contributed by atoms with Crippen LogP contribution < -0.4 is 5.46 Å². The van der Waals surface area contributed by atoms with Gasteiger partial charge in [-0.25, -0.2) is 0 Å². The zero-order valence-corrected chi connectivity index (χ0v) is 12.6. The number of nitrogens with zero attached hydrogens (tertiary/aromatic N) is 1. The maximum absolute atomic E-state index is 10.1. The first-order chi connectivity index (χ1) is 9.30. The molecule has 0 aromatic carbocycles. The minimum absolute atomic E-state index is 0.145. The summed E-state index contributed by atoms with van der Waals surface area (Å²) < 4.78 is 12.0. The van der Waals surface area contributed by atoms with Crippen molar-refractivity contribution in [3.05, 3.63) is 18.0 Å². The summed E-state index contributed by atoms with van der Waals surface area (Å²) in [5.41, 5.74) is 0.938. The van der Waals surface area contributed by atoms with E-state index in [1.54, 1.807) is 0 Å². The molecule has 1 aliphatic heterocycles. The van der Waals surface area contributed by atoms with E-state index >= 15 is 0 Å². The Hall–Kier alpha value is -1.07. The van der Waals surface area contributed by atoms with Gasteiger partial charge in [0.2, 0.25) is 0 Å². The molecule has 0 amide bonds. The third-order valence-corrected chi connectivity index (χ3v) is 4.97. The summed E-state index contributed by atoms with van der Waals surface area (Å²) in [4.78, 5) is 4.34. The Kier molecular flexibility index (Phi) is 3.10. The SMILES string of the molecule is CC1(C)OB(c2cc(C3CCC3)ncc2O)OC1(C)C. The van der Waals surface area contributed by atoms with Crippen molar-refractivity contribution in [1.29, 1.82) is 0 Å². The molecule has 2 fully saturated rings. The van der Waals surface area contributed by atoms with Crippen molar-refractivity contribution in [3.8, 4) is 5.75 Å². The lowest BCUT2D eigenvalue weighted by Crippen LogP contribution is -2.41. The van der Waals surface area contributed by atoms with Crippen LogP contribution in [0.1, 0.15) is 58.6 Å². The highest BCUT2D eigenvalue weighted by molar-refractivity contribution is 6.63. The highest BCUT2D eigenvalue weighted by Crippen LogP contribution is 2.38. The molecule has 5 heteroatoms. The maximum Gasteiger partial charge on any atom is 0.498 e. The summed E-state index contributed by atoms with van der Waals surface area (Å²) in [7, 11) is -0.526. The van der Waals surface area contributed by atoms with Crippen molar-refractivity contribution in [2.45, 2.75) is 64.1 Å². The molecule has 108 valence electrons. The van der Waals surface area contributed by atoms with E-state index in [2.05, 4.69) is 4.98 Å². The number of rotatable bonds is 2. The molecule has 2 heterocycles. The highest BCUT2D eigenvalue weighted by Gasteiger charge is 2.52. The van der Waals surface area contributed by atoms with E-state index in [1.807, 2.05) is 33.8 Å². The fourth-order valence-corrected chi connectivity index (χ4v) is 2.57. The van der Waals surface area contributed by atoms with Gasteiger partial charge in [-0.15, -0.1) is 0 Å². The molecule has 0 unspecified atom stereocenters. The maximum atomic E-state index is 10.1. The molecule has 3 rings (SSSR count). The van der Waals surface area contributed by atoms with Gasteiger partial charge in [0.25, 0.3) is 0 Å². The predicted octanol–water partition coefficient (Wildman–Crippen LogP) is 2.35. The zero-order chi connectivity index (χ0) is 14.5. The Morgan fingerprint density at radius 3 is 2.30 bits per heavy atom. The second-order valence-corrected chi connectivity index (χ2v) is 6.88. The molecule has 0 radical (unpaired) electrons. The second kappa shape index (κ2) is 4.47. The predicted molar refractivity (Wildman–Crippen MR) is 78.2 cm³/mol. The van der Waals surface area contributed by atoms with Crippen LogP contribution in [0.2, 0.25) is 0 Å². The number of pyridine rings is 1. The summed E-state index contributed by atoms with van der Waals surface area (Å²) in [5, 5.41) is 10.1. The molecule has 0 atom stereocenters. The van der Waals surface area contributed by atoms with Gasteiger partial charge in [-0.05, 0) is 46.6 Å². The van der Waals surface area contributed by atoms with Crippen molar-refractivity contribution in [2.75, 3.05) is 0 Å². The largest absolute Gasteiger partial charge is 0.507 e. The summed E-state index contributed by atoms with van der Waals surface area (Å²) in [6.45, 7) is 8.05. The first kappa shape index (κ1) is 13.9. The van der Waals surface area contributed by atoms with Crippen LogP contribution in [0.15, 0.2) is 12.3 Å². The Labute approximate surface area is 120 Å². The molecular formula is C15H22BNO3. The molecule has 0 spiro atoms. The van der Waals surface area contributed by atoms with Crippen LogP contribution in [0, 0.1) is 0 Å². The van der Waals surface area contributed by atoms with Crippen LogP contribution in [-0.2, 0) is 9.31 Å². The molecule has 4 nitrogen and oxygen atoms in total. The van der Waals surface area contributed by atoms with Gasteiger partial charge in [0.1, 0.15) is 5.75 Å². The van der Waals surface area contributed by atoms with Gasteiger partial charge in [0.05, 0.1) is 17.4 Å². The van der Waals surface area contributed by atoms with Gasteiger partial charge in [0.15, 0.2) is 0 Å². The number of aromatic nitrogens is 1. The number of hydrogen-bond donors (Lipinski definition) is 1. The van der Waals surface area contributed by atoms with Crippen LogP contribution >= 0.6 is 0 Å². The van der Waals surface area contributed by atoms with Crippen LogP contribution in [-0.4, -0.2) is 28.4 Å². The van der Waals surface area contributed by atoms with Gasteiger partial charge in [-0.2, -0.15) is 0 Å². The van der Waals surface area contributed by atoms with Crippen molar-refractivity contribution in [2.24, 2.45) is 0 Å². The third kappa shape index (κ3) is 2.13. The first-order valence-electron chi connectivity index (χ1n) is 7.34. The molecule has 20 heavy (non-hydrogen) atoms. The van der Waals surface area contributed by atoms with Crippen molar-refractivity contribution >= 4 is 12.6 Å². The normalized spacial score (nSPS) is 24.7. The van der Waals surface area contributed by atoms with Crippen molar-refractivity contribution < 1.29 is 14.4 Å². The van der Waals surface area contributed by atoms with E-state index in [0.29, 0.717) is 11.4 Å². The molecular weight excluding hydrogens is 253 g/mol. The first-order valence-corrected chi connectivity index (χ1v) is 7.34. The Bertz CT molecular complexity index is 510. The monoisotopic (exact) mass is 275 g/mol. The minimum Gasteiger partial charge on any atom is -0.507 e. The van der Waals surface area contributed by atoms with E-state index in [0.717, 1.165) is 5.69 Å². The number of hydrogen-bond acceptors (Lipinski definition) is 4. The van der Waals surface area contributed by atoms with Gasteiger partial charge < -0.3 is 14.4 Å². The molecule has 0 bridgehead atoms. The van der Waals surface area contributed by atoms with E-state index in [-0.39, 0.29) is 5.75 Å². The molecule has 2 aliphatic rings. The number of aromatic hydroxyl groups is 1. The van der Waals surface area contributed by atoms with Gasteiger partial charge in [-0.1, -0.05) is 6.42 Å². The lowest BCUT2D eigenvalue weighted by Gasteiger charge is -2.32. The van der Waals surface area contributed by atoms with Crippen molar-refractivity contribution in [1.82, 2.24) is 4.98 Å². The fourth-order valence-electron chi connectivity index (χ4n) is 2.57. The standard InChI is InChI=1S/C15H22BNO3/c1-14(2)15(3,4)20-16(19-14)11-8-12(10-6-5-7-10)17-9-13(11)18/h8-10,18H,5-7H2,1-4H3. The van der Waals surface area contributed by atoms with E-state index in [9.17, 15) is 5.11 Å². The van der Waals surface area contributed by atoms with Crippen LogP contribution in [0.5, 0.6) is 5.75 Å². The third-order valence-electron chi connectivity index (χ3n) is 4.97. The van der Waals surface area contributed by atoms with E-state index in [4.69, 9.17) is 9.31 Å². The molecule has 1 saturated heterocycles. The van der Waals surface area contributed by atoms with Crippen LogP contribution in [0.25, 0.3) is 0 Å². The summed E-state index contributed by atoms with van der Waals surface area (Å²) in [5.74, 6) is 0.670. The highest BCUT2D eigenvalue weighted by atomic mass is 16.7. The molecule has 1 aliphatic carbocycles. The van der Waals surface area contributed by atoms with Gasteiger partial charge in [-0.3, -0.25) is 4.98 Å². The van der Waals surface area contributed by atoms with Crippen LogP contribution in [0.3, 0.4) is 0 Å². The lowest BCUT2D eigenvalue weighted by molar-refractivity contribution is 0.00578. The average Bonchev–Trinajstić information content (AvgIpc) is 2.48. The molecule has 1 N–H and O–H groups in total. The summed E-state index contributed by atoms with van der Waals surface area (Å²) >= 11 is 0. The zero-order valence-electron chi connectivity index (χ0n) is 12.6. The summed E-state index contributed by atoms with van der Waals surface area (Å²) in [6, 6.07) is 1.95. The topological polar surface area (TPSA) is 51.6 Å². The van der Waals surface area contributed by atoms with Gasteiger partial charge in [0, 0.05) is 17.1 Å². The van der Waals surface area contributed by atoms with Crippen molar-refractivity contribution in [3.63, 3.8) is 0 Å². The average molecular weight is 275 g/mol. The lowest BCUT2D eigenvalue weighted by atomic mass is 9.75. The summed E-state index contributed by atoms with van der Waals surface area (Å²) in [6.07, 6.45) is 5.15. The fraction of sp³-hybridized carbons (Fsp3) is 0.667. The second-order valence-electron chi connectivity index (χ2n) is 6.88. The van der Waals surface area contributed by atoms with Gasteiger partial charge >= 0.3 is 7.12 Å². The van der Waals surface area contributed by atoms with Crippen LogP contribution in [0.4, 0.5) is 0 Å². The van der Waals surface area contributed by atoms with E-state index in [1.165, 1.54) is 25.5 Å². The Morgan fingerprint density at radius 2 is 1.80 bits per heavy atom. The molecule has 1 saturated carbocycles.